The summed E-state index contributed by atoms with van der Waals surface area (Å²) < 4.78 is 7.44. The minimum Gasteiger partial charge on any atom is -0.379 e. The maximum Gasteiger partial charge on any atom is 0.245 e. The molecule has 0 saturated carbocycles. The molecule has 0 aliphatic carbocycles. The lowest BCUT2D eigenvalue weighted by Gasteiger charge is -2.41. The van der Waals surface area contributed by atoms with Crippen LogP contribution in [-0.4, -0.2) is 69.9 Å². The molecule has 5 heterocycles. The van der Waals surface area contributed by atoms with Crippen molar-refractivity contribution in [1.29, 1.82) is 0 Å². The van der Waals surface area contributed by atoms with Crippen molar-refractivity contribution >= 4 is 22.8 Å². The Morgan fingerprint density at radius 2 is 1.82 bits per heavy atom. The first-order valence-electron chi connectivity index (χ1n) is 12.0. The standard InChI is InChI=1S/C26H29N7O/c1-3-20(17-27-11-1)25-10-9-23-18-28-26(30-33(23)25)29-21-5-7-22(8-6-21)32-12-2-4-24(19-32)31-13-15-34-16-14-31/h1,3,5-11,17-18,24H,2,4,12-16,19H2,(H,29,30). The molecule has 6 rings (SSSR count). The van der Waals surface area contributed by atoms with Gasteiger partial charge >= 0.3 is 0 Å². The summed E-state index contributed by atoms with van der Waals surface area (Å²) in [6.45, 7) is 6.01. The Hall–Kier alpha value is -3.49. The van der Waals surface area contributed by atoms with Gasteiger partial charge < -0.3 is 15.0 Å². The van der Waals surface area contributed by atoms with Gasteiger partial charge in [0, 0.05) is 61.6 Å². The van der Waals surface area contributed by atoms with E-state index in [0.717, 1.165) is 61.9 Å². The summed E-state index contributed by atoms with van der Waals surface area (Å²) in [5.74, 6) is 0.562. The highest BCUT2D eigenvalue weighted by Gasteiger charge is 2.26. The van der Waals surface area contributed by atoms with Crippen molar-refractivity contribution in [3.8, 4) is 11.3 Å². The van der Waals surface area contributed by atoms with Crippen LogP contribution in [0.4, 0.5) is 17.3 Å². The Kier molecular flexibility index (Phi) is 5.83. The van der Waals surface area contributed by atoms with Crippen molar-refractivity contribution in [1.82, 2.24) is 24.5 Å². The van der Waals surface area contributed by atoms with Crippen LogP contribution in [0.25, 0.3) is 16.8 Å². The van der Waals surface area contributed by atoms with Crippen molar-refractivity contribution in [2.45, 2.75) is 18.9 Å². The van der Waals surface area contributed by atoms with E-state index in [2.05, 4.69) is 49.4 Å². The molecule has 8 nitrogen and oxygen atoms in total. The van der Waals surface area contributed by atoms with E-state index in [0.29, 0.717) is 12.0 Å². The lowest BCUT2D eigenvalue weighted by molar-refractivity contribution is 0.0137. The van der Waals surface area contributed by atoms with Crippen molar-refractivity contribution in [2.24, 2.45) is 0 Å². The number of ether oxygens (including phenoxy) is 1. The SMILES string of the molecule is c1cncc(-c2ccc3cnc(Nc4ccc(N5CCCC(N6CCOCC6)C5)cc4)nn23)c1. The van der Waals surface area contributed by atoms with Crippen LogP contribution >= 0.6 is 0 Å². The second-order valence-electron chi connectivity index (χ2n) is 8.94. The van der Waals surface area contributed by atoms with Crippen molar-refractivity contribution in [3.63, 3.8) is 0 Å². The number of benzene rings is 1. The summed E-state index contributed by atoms with van der Waals surface area (Å²) in [6.07, 6.45) is 7.96. The summed E-state index contributed by atoms with van der Waals surface area (Å²) in [5.41, 5.74) is 5.20. The topological polar surface area (TPSA) is 70.8 Å². The molecule has 2 aliphatic rings. The van der Waals surface area contributed by atoms with Gasteiger partial charge in [0.05, 0.1) is 30.6 Å². The van der Waals surface area contributed by atoms with Crippen LogP contribution in [0.2, 0.25) is 0 Å². The molecule has 0 bridgehead atoms. The fraction of sp³-hybridized carbons (Fsp3) is 0.346. The molecule has 3 aromatic heterocycles. The van der Waals surface area contributed by atoms with Crippen LogP contribution in [0.5, 0.6) is 0 Å². The molecule has 0 amide bonds. The van der Waals surface area contributed by atoms with Gasteiger partial charge in [0.1, 0.15) is 0 Å². The zero-order valence-corrected chi connectivity index (χ0v) is 19.2. The van der Waals surface area contributed by atoms with Crippen LogP contribution < -0.4 is 10.2 Å². The van der Waals surface area contributed by atoms with E-state index in [4.69, 9.17) is 9.84 Å². The lowest BCUT2D eigenvalue weighted by Crippen LogP contribution is -2.51. The molecule has 174 valence electrons. The highest BCUT2D eigenvalue weighted by Crippen LogP contribution is 2.26. The molecule has 1 N–H and O–H groups in total. The Bertz CT molecular complexity index is 1240. The fourth-order valence-corrected chi connectivity index (χ4v) is 5.01. The van der Waals surface area contributed by atoms with E-state index in [1.165, 1.54) is 18.5 Å². The number of hydrogen-bond acceptors (Lipinski definition) is 7. The van der Waals surface area contributed by atoms with Crippen LogP contribution in [-0.2, 0) is 4.74 Å². The first-order valence-corrected chi connectivity index (χ1v) is 12.0. The van der Waals surface area contributed by atoms with Crippen LogP contribution in [0, 0.1) is 0 Å². The van der Waals surface area contributed by atoms with Gasteiger partial charge in [0.25, 0.3) is 0 Å². The normalized spacial score (nSPS) is 19.4. The van der Waals surface area contributed by atoms with Gasteiger partial charge in [-0.1, -0.05) is 0 Å². The van der Waals surface area contributed by atoms with Gasteiger partial charge in [-0.2, -0.15) is 0 Å². The molecule has 1 atom stereocenters. The third-order valence-corrected chi connectivity index (χ3v) is 6.80. The summed E-state index contributed by atoms with van der Waals surface area (Å²) in [7, 11) is 0. The number of aromatic nitrogens is 4. The number of piperidine rings is 1. The van der Waals surface area contributed by atoms with Crippen molar-refractivity contribution in [3.05, 3.63) is 67.1 Å². The summed E-state index contributed by atoms with van der Waals surface area (Å²) >= 11 is 0. The zero-order valence-electron chi connectivity index (χ0n) is 19.2. The number of fused-ring (bicyclic) bond motifs is 1. The average Bonchev–Trinajstić information content (AvgIpc) is 3.34. The van der Waals surface area contributed by atoms with Crippen molar-refractivity contribution in [2.75, 3.05) is 49.6 Å². The van der Waals surface area contributed by atoms with E-state index in [9.17, 15) is 0 Å². The summed E-state index contributed by atoms with van der Waals surface area (Å²) in [5, 5.41) is 8.08. The molecule has 0 spiro atoms. The highest BCUT2D eigenvalue weighted by molar-refractivity contribution is 5.66. The number of morpholine rings is 1. The second kappa shape index (κ2) is 9.40. The minimum atomic E-state index is 0.562. The number of nitrogens with zero attached hydrogens (tertiary/aromatic N) is 6. The first kappa shape index (κ1) is 21.1. The van der Waals surface area contributed by atoms with Gasteiger partial charge in [0.2, 0.25) is 5.95 Å². The number of pyridine rings is 1. The van der Waals surface area contributed by atoms with Gasteiger partial charge in [-0.25, -0.2) is 9.50 Å². The number of nitrogens with one attached hydrogen (secondary N) is 1. The smallest absolute Gasteiger partial charge is 0.245 e. The average molecular weight is 456 g/mol. The van der Waals surface area contributed by atoms with E-state index in [1.54, 1.807) is 6.20 Å². The molecule has 2 fully saturated rings. The number of hydrogen-bond donors (Lipinski definition) is 1. The molecule has 1 aromatic carbocycles. The van der Waals surface area contributed by atoms with E-state index >= 15 is 0 Å². The molecule has 1 unspecified atom stereocenters. The predicted octanol–water partition coefficient (Wildman–Crippen LogP) is 3.84. The number of anilines is 3. The maximum absolute atomic E-state index is 5.54. The monoisotopic (exact) mass is 455 g/mol. The Morgan fingerprint density at radius 1 is 0.941 bits per heavy atom. The largest absolute Gasteiger partial charge is 0.379 e. The van der Waals surface area contributed by atoms with Crippen molar-refractivity contribution < 1.29 is 4.74 Å². The van der Waals surface area contributed by atoms with Gasteiger partial charge in [-0.3, -0.25) is 9.88 Å². The summed E-state index contributed by atoms with van der Waals surface area (Å²) in [6, 6.07) is 17.3. The molecule has 0 radical (unpaired) electrons. The van der Waals surface area contributed by atoms with Gasteiger partial charge in [-0.05, 0) is 61.4 Å². The van der Waals surface area contributed by atoms with E-state index < -0.39 is 0 Å². The molecular formula is C26H29N7O. The predicted molar refractivity (Wildman–Crippen MR) is 134 cm³/mol. The van der Waals surface area contributed by atoms with Crippen LogP contribution in [0.15, 0.2) is 67.1 Å². The molecule has 4 aromatic rings. The summed E-state index contributed by atoms with van der Waals surface area (Å²) in [4.78, 5) is 13.8. The zero-order chi connectivity index (χ0) is 22.7. The van der Waals surface area contributed by atoms with Crippen LogP contribution in [0.3, 0.4) is 0 Å². The number of rotatable bonds is 5. The molecule has 8 heteroatoms. The lowest BCUT2D eigenvalue weighted by atomic mass is 10.0. The van der Waals surface area contributed by atoms with E-state index in [-0.39, 0.29) is 0 Å². The molecule has 34 heavy (non-hydrogen) atoms. The Balaban J connectivity index is 1.16. The Morgan fingerprint density at radius 3 is 2.65 bits per heavy atom. The Labute approximate surface area is 199 Å². The molecule has 2 aliphatic heterocycles. The molecular weight excluding hydrogens is 426 g/mol. The third-order valence-electron chi connectivity index (χ3n) is 6.80. The quantitative estimate of drug-likeness (QED) is 0.490. The first-order chi connectivity index (χ1) is 16.8. The fourth-order valence-electron chi connectivity index (χ4n) is 5.01. The maximum atomic E-state index is 5.54. The van der Waals surface area contributed by atoms with Gasteiger partial charge in [-0.15, -0.1) is 5.10 Å². The third kappa shape index (κ3) is 4.34. The highest BCUT2D eigenvalue weighted by atomic mass is 16.5. The van der Waals surface area contributed by atoms with Gasteiger partial charge in [0.15, 0.2) is 0 Å². The second-order valence-corrected chi connectivity index (χ2v) is 8.94. The minimum absolute atomic E-state index is 0.562. The molecule has 2 saturated heterocycles. The van der Waals surface area contributed by atoms with Crippen LogP contribution in [0.1, 0.15) is 12.8 Å². The van der Waals surface area contributed by atoms with E-state index in [1.807, 2.05) is 41.2 Å².